The van der Waals surface area contributed by atoms with Crippen LogP contribution in [0, 0.1) is 5.92 Å². The maximum absolute atomic E-state index is 13.6. The van der Waals surface area contributed by atoms with E-state index in [1.165, 1.54) is 5.56 Å². The number of hydrogen-bond donors (Lipinski definition) is 0. The number of nitrogens with zero attached hydrogens (tertiary/aromatic N) is 2. The highest BCUT2D eigenvalue weighted by Crippen LogP contribution is 2.34. The lowest BCUT2D eigenvalue weighted by atomic mass is 9.90. The molecule has 6 heteroatoms. The number of hydrogen-bond acceptors (Lipinski definition) is 3. The fourth-order valence-corrected chi connectivity index (χ4v) is 5.20. The van der Waals surface area contributed by atoms with Gasteiger partial charge in [0, 0.05) is 30.4 Å². The van der Waals surface area contributed by atoms with Gasteiger partial charge in [-0.3, -0.25) is 9.59 Å². The molecule has 1 aliphatic rings. The predicted molar refractivity (Wildman–Crippen MR) is 138 cm³/mol. The molecule has 0 aliphatic carbocycles. The largest absolute Gasteiger partial charge is 0.495 e. The van der Waals surface area contributed by atoms with Gasteiger partial charge < -0.3 is 14.0 Å². The molecule has 1 saturated heterocycles. The molecule has 0 spiro atoms. The number of ether oxygens (including phenoxy) is 1. The van der Waals surface area contributed by atoms with Gasteiger partial charge in [-0.1, -0.05) is 54.1 Å². The van der Waals surface area contributed by atoms with Crippen molar-refractivity contribution in [1.82, 2.24) is 9.30 Å². The van der Waals surface area contributed by atoms with Crippen LogP contribution in [0.3, 0.4) is 0 Å². The molecule has 178 valence electrons. The Balaban J connectivity index is 1.39. The van der Waals surface area contributed by atoms with Crippen LogP contribution in [0.2, 0.25) is 5.02 Å². The number of aromatic nitrogens is 1. The Bertz CT molecular complexity index is 1370. The van der Waals surface area contributed by atoms with E-state index >= 15 is 0 Å². The third kappa shape index (κ3) is 4.69. The average Bonchev–Trinajstić information content (AvgIpc) is 3.28. The van der Waals surface area contributed by atoms with Gasteiger partial charge in [0.25, 0.3) is 11.7 Å². The molecule has 0 atom stereocenters. The normalized spacial score (nSPS) is 14.3. The van der Waals surface area contributed by atoms with E-state index in [1.807, 2.05) is 42.6 Å². The number of benzene rings is 2. The Kier molecular flexibility index (Phi) is 6.60. The van der Waals surface area contributed by atoms with Crippen LogP contribution < -0.4 is 4.74 Å². The molecule has 3 heterocycles. The van der Waals surface area contributed by atoms with Crippen molar-refractivity contribution < 1.29 is 14.3 Å². The van der Waals surface area contributed by atoms with E-state index in [4.69, 9.17) is 16.3 Å². The molecule has 35 heavy (non-hydrogen) atoms. The Morgan fingerprint density at radius 2 is 1.71 bits per heavy atom. The van der Waals surface area contributed by atoms with E-state index in [9.17, 15) is 9.59 Å². The number of Topliss-reactive ketones (excluding diaryl/α,β-unsaturated/α-hetero) is 1. The number of carbonyl (C=O) groups excluding carboxylic acids is 2. The van der Waals surface area contributed by atoms with Crippen molar-refractivity contribution in [3.63, 3.8) is 0 Å². The second kappa shape index (κ2) is 9.96. The van der Waals surface area contributed by atoms with Gasteiger partial charge in [0.1, 0.15) is 11.4 Å². The van der Waals surface area contributed by atoms with Crippen LogP contribution >= 0.6 is 11.6 Å². The predicted octanol–water partition coefficient (Wildman–Crippen LogP) is 5.93. The second-order valence-corrected chi connectivity index (χ2v) is 9.41. The number of likely N-dealkylation sites (tertiary alicyclic amines) is 1. The van der Waals surface area contributed by atoms with Gasteiger partial charge in [0.05, 0.1) is 12.1 Å². The standard InChI is InChI=1S/C29H27ClN2O3/c1-35-26-11-10-22(18-25(26)30)24-19-23-9-5-6-14-32(23)27(24)28(33)29(34)31-15-12-21(13-16-31)17-20-7-3-2-4-8-20/h2-11,14,18-19,21H,12-13,15-17H2,1H3. The highest BCUT2D eigenvalue weighted by molar-refractivity contribution is 6.43. The quantitative estimate of drug-likeness (QED) is 0.250. The fourth-order valence-electron chi connectivity index (χ4n) is 4.94. The van der Waals surface area contributed by atoms with Crippen LogP contribution in [0.4, 0.5) is 0 Å². The lowest BCUT2D eigenvalue weighted by Crippen LogP contribution is -2.42. The molecule has 0 saturated carbocycles. The Morgan fingerprint density at radius 1 is 0.971 bits per heavy atom. The molecule has 2 aromatic carbocycles. The average molecular weight is 487 g/mol. The Hall–Kier alpha value is -3.57. The van der Waals surface area contributed by atoms with Crippen molar-refractivity contribution in [1.29, 1.82) is 0 Å². The van der Waals surface area contributed by atoms with Gasteiger partial charge in [0.15, 0.2) is 0 Å². The summed E-state index contributed by atoms with van der Waals surface area (Å²) < 4.78 is 7.06. The van der Waals surface area contributed by atoms with E-state index in [1.54, 1.807) is 28.5 Å². The zero-order valence-corrected chi connectivity index (χ0v) is 20.4. The third-order valence-electron chi connectivity index (χ3n) is 6.82. The van der Waals surface area contributed by atoms with Gasteiger partial charge >= 0.3 is 0 Å². The molecule has 1 fully saturated rings. The van der Waals surface area contributed by atoms with E-state index < -0.39 is 11.7 Å². The molecule has 0 N–H and O–H groups in total. The summed E-state index contributed by atoms with van der Waals surface area (Å²) in [5.74, 6) is 0.122. The van der Waals surface area contributed by atoms with Crippen molar-refractivity contribution >= 4 is 28.8 Å². The highest BCUT2D eigenvalue weighted by Gasteiger charge is 2.31. The maximum atomic E-state index is 13.6. The summed E-state index contributed by atoms with van der Waals surface area (Å²) in [5, 5.41) is 0.450. The van der Waals surface area contributed by atoms with Gasteiger partial charge in [0.2, 0.25) is 0 Å². The molecule has 5 nitrogen and oxygen atoms in total. The van der Waals surface area contributed by atoms with E-state index in [0.29, 0.717) is 41.0 Å². The molecule has 4 aromatic rings. The van der Waals surface area contributed by atoms with E-state index in [0.717, 1.165) is 30.3 Å². The molecule has 0 bridgehead atoms. The Labute approximate surface area is 209 Å². The van der Waals surface area contributed by atoms with Crippen LogP contribution in [0.25, 0.3) is 16.6 Å². The first kappa shape index (κ1) is 23.2. The van der Waals surface area contributed by atoms with Gasteiger partial charge in [-0.05, 0) is 66.6 Å². The van der Waals surface area contributed by atoms with Gasteiger partial charge in [-0.15, -0.1) is 0 Å². The van der Waals surface area contributed by atoms with Gasteiger partial charge in [-0.25, -0.2) is 0 Å². The number of rotatable bonds is 6. The lowest BCUT2D eigenvalue weighted by Gasteiger charge is -2.31. The number of carbonyl (C=O) groups is 2. The van der Waals surface area contributed by atoms with Crippen LogP contribution in [0.15, 0.2) is 79.0 Å². The van der Waals surface area contributed by atoms with Crippen molar-refractivity contribution in [3.8, 4) is 16.9 Å². The minimum atomic E-state index is -0.500. The molecule has 1 amide bonds. The van der Waals surface area contributed by atoms with E-state index in [-0.39, 0.29) is 0 Å². The van der Waals surface area contributed by atoms with Crippen molar-refractivity contribution in [3.05, 3.63) is 95.3 Å². The molecule has 0 unspecified atom stereocenters. The zero-order chi connectivity index (χ0) is 24.4. The molecular formula is C29H27ClN2O3. The maximum Gasteiger partial charge on any atom is 0.296 e. The second-order valence-electron chi connectivity index (χ2n) is 9.01. The van der Waals surface area contributed by atoms with Crippen LogP contribution in [-0.4, -0.2) is 41.2 Å². The summed E-state index contributed by atoms with van der Waals surface area (Å²) in [6, 6.07) is 23.4. The molecule has 5 rings (SSSR count). The molecule has 2 aromatic heterocycles. The third-order valence-corrected chi connectivity index (χ3v) is 7.12. The topological polar surface area (TPSA) is 51.0 Å². The first-order valence-electron chi connectivity index (χ1n) is 11.9. The van der Waals surface area contributed by atoms with E-state index in [2.05, 4.69) is 24.3 Å². The fraction of sp³-hybridized carbons (Fsp3) is 0.241. The summed E-state index contributed by atoms with van der Waals surface area (Å²) in [7, 11) is 1.56. The summed E-state index contributed by atoms with van der Waals surface area (Å²) in [6.07, 6.45) is 4.60. The molecular weight excluding hydrogens is 460 g/mol. The lowest BCUT2D eigenvalue weighted by molar-refractivity contribution is -0.127. The Morgan fingerprint density at radius 3 is 2.43 bits per heavy atom. The van der Waals surface area contributed by atoms with Crippen molar-refractivity contribution in [2.75, 3.05) is 20.2 Å². The summed E-state index contributed by atoms with van der Waals surface area (Å²) in [5.41, 5.74) is 3.96. The SMILES string of the molecule is COc1ccc(-c2cc3ccccn3c2C(=O)C(=O)N2CCC(Cc3ccccc3)CC2)cc1Cl. The smallest absolute Gasteiger partial charge is 0.296 e. The first-order valence-corrected chi connectivity index (χ1v) is 12.2. The number of halogens is 1. The van der Waals surface area contributed by atoms with Crippen LogP contribution in [-0.2, 0) is 11.2 Å². The molecule has 0 radical (unpaired) electrons. The number of pyridine rings is 1. The number of methoxy groups -OCH3 is 1. The summed E-state index contributed by atoms with van der Waals surface area (Å²) in [6.45, 7) is 1.18. The number of ketones is 1. The highest BCUT2D eigenvalue weighted by atomic mass is 35.5. The minimum Gasteiger partial charge on any atom is -0.495 e. The van der Waals surface area contributed by atoms with Crippen molar-refractivity contribution in [2.45, 2.75) is 19.3 Å². The summed E-state index contributed by atoms with van der Waals surface area (Å²) in [4.78, 5) is 28.7. The van der Waals surface area contributed by atoms with Gasteiger partial charge in [-0.2, -0.15) is 0 Å². The molecule has 1 aliphatic heterocycles. The number of fused-ring (bicyclic) bond motifs is 1. The minimum absolute atomic E-state index is 0.359. The van der Waals surface area contributed by atoms with Crippen LogP contribution in [0.5, 0.6) is 5.75 Å². The van der Waals surface area contributed by atoms with Crippen LogP contribution in [0.1, 0.15) is 28.9 Å². The number of amides is 1. The zero-order valence-electron chi connectivity index (χ0n) is 19.6. The van der Waals surface area contributed by atoms with Crippen molar-refractivity contribution in [2.24, 2.45) is 5.92 Å². The first-order chi connectivity index (χ1) is 17.0. The monoisotopic (exact) mass is 486 g/mol. The number of piperidine rings is 1. The summed E-state index contributed by atoms with van der Waals surface area (Å²) >= 11 is 6.37.